The molecule has 96 valence electrons. The molecule has 1 heterocycles. The second-order valence-corrected chi connectivity index (χ2v) is 5.66. The predicted octanol–water partition coefficient (Wildman–Crippen LogP) is 0.402. The Morgan fingerprint density at radius 2 is 1.94 bits per heavy atom. The SMILES string of the molecule is CN1CC(C(=O)O)CN(C2CC2)C(=O)C1(C)C. The van der Waals surface area contributed by atoms with E-state index in [1.807, 2.05) is 25.8 Å². The van der Waals surface area contributed by atoms with Gasteiger partial charge in [0.25, 0.3) is 0 Å². The maximum absolute atomic E-state index is 12.4. The fourth-order valence-electron chi connectivity index (χ4n) is 2.31. The van der Waals surface area contributed by atoms with Crippen molar-refractivity contribution in [3.05, 3.63) is 0 Å². The summed E-state index contributed by atoms with van der Waals surface area (Å²) < 4.78 is 0. The summed E-state index contributed by atoms with van der Waals surface area (Å²) in [5.74, 6) is -1.23. The maximum Gasteiger partial charge on any atom is 0.309 e. The molecule has 5 heteroatoms. The Morgan fingerprint density at radius 1 is 1.35 bits per heavy atom. The van der Waals surface area contributed by atoms with Crippen LogP contribution in [0.25, 0.3) is 0 Å². The summed E-state index contributed by atoms with van der Waals surface area (Å²) in [6.07, 6.45) is 2.02. The number of carboxylic acids is 1. The molecular weight excluding hydrogens is 220 g/mol. The number of hydrogen-bond acceptors (Lipinski definition) is 3. The smallest absolute Gasteiger partial charge is 0.309 e. The Kier molecular flexibility index (Phi) is 2.89. The standard InChI is InChI=1S/C12H20N2O3/c1-12(2)11(17)14(9-4-5-9)7-8(10(15)16)6-13(12)3/h8-9H,4-7H2,1-3H3,(H,15,16). The zero-order chi connectivity index (χ0) is 12.8. The van der Waals surface area contributed by atoms with E-state index in [9.17, 15) is 14.7 Å². The lowest BCUT2D eigenvalue weighted by Crippen LogP contribution is -2.52. The molecule has 0 aromatic heterocycles. The highest BCUT2D eigenvalue weighted by atomic mass is 16.4. The molecule has 1 aliphatic heterocycles. The summed E-state index contributed by atoms with van der Waals surface area (Å²) in [5.41, 5.74) is -0.604. The van der Waals surface area contributed by atoms with Crippen molar-refractivity contribution in [1.29, 1.82) is 0 Å². The van der Waals surface area contributed by atoms with Crippen LogP contribution in [0.5, 0.6) is 0 Å². The van der Waals surface area contributed by atoms with Gasteiger partial charge in [0.1, 0.15) is 0 Å². The van der Waals surface area contributed by atoms with Crippen LogP contribution >= 0.6 is 0 Å². The zero-order valence-corrected chi connectivity index (χ0v) is 10.6. The van der Waals surface area contributed by atoms with Crippen molar-refractivity contribution in [1.82, 2.24) is 9.80 Å². The topological polar surface area (TPSA) is 60.9 Å². The number of carboxylic acid groups (broad SMARTS) is 1. The number of nitrogens with zero attached hydrogens (tertiary/aromatic N) is 2. The van der Waals surface area contributed by atoms with Gasteiger partial charge in [0.05, 0.1) is 11.5 Å². The highest BCUT2D eigenvalue weighted by Crippen LogP contribution is 2.33. The van der Waals surface area contributed by atoms with Crippen molar-refractivity contribution in [2.24, 2.45) is 5.92 Å². The Labute approximate surface area is 101 Å². The van der Waals surface area contributed by atoms with E-state index >= 15 is 0 Å². The molecule has 1 atom stereocenters. The summed E-state index contributed by atoms with van der Waals surface area (Å²) in [6.45, 7) is 4.52. The van der Waals surface area contributed by atoms with Gasteiger partial charge < -0.3 is 10.0 Å². The first-order valence-electron chi connectivity index (χ1n) is 6.09. The normalized spacial score (nSPS) is 30.2. The van der Waals surface area contributed by atoms with E-state index in [0.717, 1.165) is 12.8 Å². The average molecular weight is 240 g/mol. The van der Waals surface area contributed by atoms with E-state index < -0.39 is 17.4 Å². The summed E-state index contributed by atoms with van der Waals surface area (Å²) >= 11 is 0. The third-order valence-corrected chi connectivity index (χ3v) is 3.99. The van der Waals surface area contributed by atoms with Crippen molar-refractivity contribution in [2.75, 3.05) is 20.1 Å². The number of carbonyl (C=O) groups is 2. The molecule has 0 bridgehead atoms. The van der Waals surface area contributed by atoms with E-state index in [1.54, 1.807) is 4.90 Å². The molecule has 17 heavy (non-hydrogen) atoms. The molecule has 1 saturated carbocycles. The third kappa shape index (κ3) is 2.16. The third-order valence-electron chi connectivity index (χ3n) is 3.99. The van der Waals surface area contributed by atoms with Crippen molar-refractivity contribution in [2.45, 2.75) is 38.3 Å². The highest BCUT2D eigenvalue weighted by molar-refractivity contribution is 5.87. The monoisotopic (exact) mass is 240 g/mol. The Bertz CT molecular complexity index is 350. The van der Waals surface area contributed by atoms with Crippen LogP contribution in [0.1, 0.15) is 26.7 Å². The van der Waals surface area contributed by atoms with Gasteiger partial charge in [0.15, 0.2) is 0 Å². The lowest BCUT2D eigenvalue weighted by molar-refractivity contribution is -0.143. The van der Waals surface area contributed by atoms with Crippen molar-refractivity contribution in [3.8, 4) is 0 Å². The summed E-state index contributed by atoms with van der Waals surface area (Å²) in [5, 5.41) is 9.19. The largest absolute Gasteiger partial charge is 0.481 e. The first-order chi connectivity index (χ1) is 7.84. The lowest BCUT2D eigenvalue weighted by Gasteiger charge is -2.34. The minimum Gasteiger partial charge on any atom is -0.481 e. The maximum atomic E-state index is 12.4. The summed E-state index contributed by atoms with van der Waals surface area (Å²) in [7, 11) is 1.82. The van der Waals surface area contributed by atoms with Gasteiger partial charge in [-0.3, -0.25) is 14.5 Å². The first kappa shape index (κ1) is 12.4. The van der Waals surface area contributed by atoms with Crippen LogP contribution in [0.4, 0.5) is 0 Å². The summed E-state index contributed by atoms with van der Waals surface area (Å²) in [4.78, 5) is 27.3. The van der Waals surface area contributed by atoms with E-state index in [1.165, 1.54) is 0 Å². The zero-order valence-electron chi connectivity index (χ0n) is 10.6. The fraction of sp³-hybridized carbons (Fsp3) is 0.833. The average Bonchev–Trinajstić information content (AvgIpc) is 3.05. The van der Waals surface area contributed by atoms with Crippen LogP contribution in [-0.4, -0.2) is 58.5 Å². The quantitative estimate of drug-likeness (QED) is 0.759. The van der Waals surface area contributed by atoms with Crippen molar-refractivity contribution >= 4 is 11.9 Å². The van der Waals surface area contributed by atoms with Crippen LogP contribution in [0.3, 0.4) is 0 Å². The van der Waals surface area contributed by atoms with Crippen LogP contribution in [0.15, 0.2) is 0 Å². The van der Waals surface area contributed by atoms with Gasteiger partial charge in [0.2, 0.25) is 5.91 Å². The van der Waals surface area contributed by atoms with Crippen LogP contribution in [0, 0.1) is 5.92 Å². The molecule has 2 fully saturated rings. The van der Waals surface area contributed by atoms with E-state index in [2.05, 4.69) is 0 Å². The summed E-state index contributed by atoms with van der Waals surface area (Å²) in [6, 6.07) is 0.273. The van der Waals surface area contributed by atoms with Gasteiger partial charge in [-0.25, -0.2) is 0 Å². The molecule has 1 amide bonds. The van der Waals surface area contributed by atoms with E-state index in [0.29, 0.717) is 13.1 Å². The fourth-order valence-corrected chi connectivity index (χ4v) is 2.31. The van der Waals surface area contributed by atoms with Crippen LogP contribution in [-0.2, 0) is 9.59 Å². The molecule has 2 aliphatic rings. The minimum atomic E-state index is -0.812. The molecule has 0 spiro atoms. The van der Waals surface area contributed by atoms with Crippen molar-refractivity contribution in [3.63, 3.8) is 0 Å². The van der Waals surface area contributed by atoms with Crippen molar-refractivity contribution < 1.29 is 14.7 Å². The van der Waals surface area contributed by atoms with Crippen LogP contribution < -0.4 is 0 Å². The van der Waals surface area contributed by atoms with Gasteiger partial charge in [-0.05, 0) is 33.7 Å². The number of rotatable bonds is 2. The van der Waals surface area contributed by atoms with E-state index in [4.69, 9.17) is 0 Å². The van der Waals surface area contributed by atoms with Gasteiger partial charge >= 0.3 is 5.97 Å². The molecule has 1 N–H and O–H groups in total. The second-order valence-electron chi connectivity index (χ2n) is 5.66. The highest BCUT2D eigenvalue weighted by Gasteiger charge is 2.46. The van der Waals surface area contributed by atoms with E-state index in [-0.39, 0.29) is 11.9 Å². The predicted molar refractivity (Wildman–Crippen MR) is 62.6 cm³/mol. The number of hydrogen-bond donors (Lipinski definition) is 1. The molecule has 0 aromatic carbocycles. The number of amides is 1. The molecule has 0 radical (unpaired) electrons. The Balaban J connectivity index is 2.27. The first-order valence-corrected chi connectivity index (χ1v) is 6.09. The molecule has 5 nitrogen and oxygen atoms in total. The van der Waals surface area contributed by atoms with Gasteiger partial charge in [-0.2, -0.15) is 0 Å². The molecule has 0 aromatic rings. The Hall–Kier alpha value is -1.10. The molecule has 2 rings (SSSR count). The molecule has 1 unspecified atom stereocenters. The Morgan fingerprint density at radius 3 is 2.41 bits per heavy atom. The molecule has 1 aliphatic carbocycles. The van der Waals surface area contributed by atoms with Gasteiger partial charge in [-0.1, -0.05) is 0 Å². The second kappa shape index (κ2) is 3.98. The number of aliphatic carboxylic acids is 1. The van der Waals surface area contributed by atoms with Gasteiger partial charge in [-0.15, -0.1) is 0 Å². The minimum absolute atomic E-state index is 0.0613. The van der Waals surface area contributed by atoms with Crippen LogP contribution in [0.2, 0.25) is 0 Å². The molecular formula is C12H20N2O3. The number of likely N-dealkylation sites (N-methyl/N-ethyl adjacent to an activating group) is 1. The number of carbonyl (C=O) groups excluding carboxylic acids is 1. The lowest BCUT2D eigenvalue weighted by atomic mass is 10.0. The molecule has 1 saturated heterocycles. The van der Waals surface area contributed by atoms with Gasteiger partial charge in [0, 0.05) is 19.1 Å².